The van der Waals surface area contributed by atoms with Gasteiger partial charge in [0.2, 0.25) is 0 Å². The Bertz CT molecular complexity index is 414. The predicted octanol–water partition coefficient (Wildman–Crippen LogP) is 1.56. The van der Waals surface area contributed by atoms with Gasteiger partial charge >= 0.3 is 0 Å². The van der Waals surface area contributed by atoms with Crippen LogP contribution in [0.1, 0.15) is 26.7 Å². The molecule has 1 rings (SSSR count). The molecule has 0 aliphatic rings. The molecule has 0 radical (unpaired) electrons. The third kappa shape index (κ3) is 3.54. The zero-order valence-electron chi connectivity index (χ0n) is 10.2. The number of rotatable bonds is 6. The van der Waals surface area contributed by atoms with Crippen molar-refractivity contribution in [3.63, 3.8) is 0 Å². The van der Waals surface area contributed by atoms with E-state index in [1.807, 2.05) is 13.8 Å². The van der Waals surface area contributed by atoms with Crippen LogP contribution in [0.2, 0.25) is 0 Å². The molecule has 5 nitrogen and oxygen atoms in total. The molecular weight excluding hydrogens is 284 g/mol. The van der Waals surface area contributed by atoms with Crippen molar-refractivity contribution >= 4 is 21.6 Å². The predicted molar refractivity (Wildman–Crippen MR) is 73.2 cm³/mol. The first kappa shape index (κ1) is 14.2. The minimum atomic E-state index is -0.108. The molecule has 1 aromatic rings. The Kier molecular flexibility index (Phi) is 5.64. The summed E-state index contributed by atoms with van der Waals surface area (Å²) < 4.78 is 1.98. The van der Waals surface area contributed by atoms with E-state index in [1.54, 1.807) is 6.20 Å². The number of anilines is 1. The first-order chi connectivity index (χ1) is 8.13. The number of halogens is 1. The maximum absolute atomic E-state index is 11.9. The lowest BCUT2D eigenvalue weighted by molar-refractivity contribution is 0.565. The van der Waals surface area contributed by atoms with Crippen molar-refractivity contribution < 1.29 is 0 Å². The van der Waals surface area contributed by atoms with Gasteiger partial charge in [0.15, 0.2) is 0 Å². The molecule has 0 bridgehead atoms. The van der Waals surface area contributed by atoms with Crippen LogP contribution in [0.25, 0.3) is 0 Å². The van der Waals surface area contributed by atoms with Crippen LogP contribution < -0.4 is 16.6 Å². The van der Waals surface area contributed by atoms with E-state index in [9.17, 15) is 4.79 Å². The van der Waals surface area contributed by atoms with Crippen molar-refractivity contribution in [2.24, 2.45) is 5.73 Å². The van der Waals surface area contributed by atoms with E-state index in [-0.39, 0.29) is 11.6 Å². The van der Waals surface area contributed by atoms with Gasteiger partial charge in [-0.2, -0.15) is 5.10 Å². The lowest BCUT2D eigenvalue weighted by Crippen LogP contribution is -2.30. The Morgan fingerprint density at radius 3 is 2.82 bits per heavy atom. The number of nitrogens with zero attached hydrogens (tertiary/aromatic N) is 2. The van der Waals surface area contributed by atoms with Crippen LogP contribution >= 0.6 is 15.9 Å². The zero-order chi connectivity index (χ0) is 12.8. The number of aromatic nitrogens is 2. The van der Waals surface area contributed by atoms with Gasteiger partial charge in [0.25, 0.3) is 5.56 Å². The Hall–Kier alpha value is -0.880. The van der Waals surface area contributed by atoms with Gasteiger partial charge in [0.05, 0.1) is 11.9 Å². The van der Waals surface area contributed by atoms with Gasteiger partial charge in [-0.05, 0) is 28.8 Å². The van der Waals surface area contributed by atoms with Crippen molar-refractivity contribution in [2.75, 3.05) is 11.9 Å². The van der Waals surface area contributed by atoms with Crippen LogP contribution in [0, 0.1) is 0 Å². The molecule has 1 heterocycles. The Morgan fingerprint density at radius 2 is 2.29 bits per heavy atom. The highest BCUT2D eigenvalue weighted by Crippen LogP contribution is 2.17. The van der Waals surface area contributed by atoms with Crippen LogP contribution in [0.3, 0.4) is 0 Å². The highest BCUT2D eigenvalue weighted by molar-refractivity contribution is 9.10. The molecular formula is C11H19BrN4O. The first-order valence-corrected chi connectivity index (χ1v) is 6.65. The van der Waals surface area contributed by atoms with Crippen LogP contribution in [-0.4, -0.2) is 22.4 Å². The molecule has 0 amide bonds. The van der Waals surface area contributed by atoms with Gasteiger partial charge in [-0.25, -0.2) is 4.68 Å². The number of nitrogens with two attached hydrogens (primary N) is 1. The fraction of sp³-hybridized carbons (Fsp3) is 0.636. The van der Waals surface area contributed by atoms with Crippen LogP contribution in [-0.2, 0) is 6.54 Å². The second-order valence-corrected chi connectivity index (χ2v) is 4.68. The highest BCUT2D eigenvalue weighted by Gasteiger charge is 2.11. The maximum atomic E-state index is 11.9. The van der Waals surface area contributed by atoms with Crippen molar-refractivity contribution in [3.8, 4) is 0 Å². The zero-order valence-corrected chi connectivity index (χ0v) is 11.8. The molecule has 17 heavy (non-hydrogen) atoms. The molecule has 0 fully saturated rings. The van der Waals surface area contributed by atoms with Gasteiger partial charge in [0.1, 0.15) is 4.47 Å². The third-order valence-electron chi connectivity index (χ3n) is 2.56. The lowest BCUT2D eigenvalue weighted by atomic mass is 10.2. The Labute approximate surface area is 110 Å². The molecule has 0 aliphatic carbocycles. The molecule has 1 atom stereocenters. The quantitative estimate of drug-likeness (QED) is 0.836. The summed E-state index contributed by atoms with van der Waals surface area (Å²) in [5.41, 5.74) is 6.22. The molecule has 0 saturated carbocycles. The van der Waals surface area contributed by atoms with E-state index >= 15 is 0 Å². The van der Waals surface area contributed by atoms with Gasteiger partial charge < -0.3 is 11.1 Å². The summed E-state index contributed by atoms with van der Waals surface area (Å²) in [5, 5.41) is 7.33. The van der Waals surface area contributed by atoms with E-state index in [4.69, 9.17) is 5.73 Å². The summed E-state index contributed by atoms with van der Waals surface area (Å²) in [7, 11) is 0. The van der Waals surface area contributed by atoms with Gasteiger partial charge in [-0.3, -0.25) is 4.79 Å². The second-order valence-electron chi connectivity index (χ2n) is 3.89. The molecule has 1 unspecified atom stereocenters. The topological polar surface area (TPSA) is 72.9 Å². The fourth-order valence-electron chi connectivity index (χ4n) is 1.48. The third-order valence-corrected chi connectivity index (χ3v) is 3.32. The maximum Gasteiger partial charge on any atom is 0.283 e. The summed E-state index contributed by atoms with van der Waals surface area (Å²) >= 11 is 3.31. The van der Waals surface area contributed by atoms with E-state index < -0.39 is 0 Å². The summed E-state index contributed by atoms with van der Waals surface area (Å²) in [4.78, 5) is 11.9. The molecule has 0 spiro atoms. The van der Waals surface area contributed by atoms with Gasteiger partial charge in [-0.1, -0.05) is 13.8 Å². The molecule has 96 valence electrons. The monoisotopic (exact) mass is 302 g/mol. The summed E-state index contributed by atoms with van der Waals surface area (Å²) in [6.45, 7) is 5.21. The standard InChI is InChI=1S/C11H19BrN4O/c1-3-5-16-11(17)10(12)9(7-14-16)15-8(4-2)6-13/h7-8,15H,3-6,13H2,1-2H3. The Balaban J connectivity index is 2.96. The smallest absolute Gasteiger partial charge is 0.283 e. The van der Waals surface area contributed by atoms with Crippen molar-refractivity contribution in [1.82, 2.24) is 9.78 Å². The average molecular weight is 303 g/mol. The largest absolute Gasteiger partial charge is 0.379 e. The summed E-state index contributed by atoms with van der Waals surface area (Å²) in [6, 6.07) is 0.162. The summed E-state index contributed by atoms with van der Waals surface area (Å²) in [5.74, 6) is 0. The molecule has 0 aromatic carbocycles. The Morgan fingerprint density at radius 1 is 1.59 bits per heavy atom. The van der Waals surface area contributed by atoms with Crippen molar-refractivity contribution in [1.29, 1.82) is 0 Å². The van der Waals surface area contributed by atoms with Crippen molar-refractivity contribution in [3.05, 3.63) is 21.0 Å². The first-order valence-electron chi connectivity index (χ1n) is 5.86. The normalized spacial score (nSPS) is 12.5. The molecule has 0 aliphatic heterocycles. The molecule has 0 saturated heterocycles. The minimum absolute atomic E-state index is 0.108. The van der Waals surface area contributed by atoms with E-state index in [1.165, 1.54) is 4.68 Å². The van der Waals surface area contributed by atoms with E-state index in [0.29, 0.717) is 23.2 Å². The minimum Gasteiger partial charge on any atom is -0.379 e. The highest BCUT2D eigenvalue weighted by atomic mass is 79.9. The molecule has 6 heteroatoms. The molecule has 3 N–H and O–H groups in total. The lowest BCUT2D eigenvalue weighted by Gasteiger charge is -2.17. The van der Waals surface area contributed by atoms with Crippen LogP contribution in [0.4, 0.5) is 5.69 Å². The SMILES string of the molecule is CCCn1ncc(NC(CC)CN)c(Br)c1=O. The molecule has 1 aromatic heterocycles. The van der Waals surface area contributed by atoms with E-state index in [2.05, 4.69) is 26.3 Å². The van der Waals surface area contributed by atoms with Crippen LogP contribution in [0.15, 0.2) is 15.5 Å². The van der Waals surface area contributed by atoms with Crippen LogP contribution in [0.5, 0.6) is 0 Å². The van der Waals surface area contributed by atoms with E-state index in [0.717, 1.165) is 12.8 Å². The fourth-order valence-corrected chi connectivity index (χ4v) is 1.91. The number of aryl methyl sites for hydroxylation is 1. The van der Waals surface area contributed by atoms with Crippen molar-refractivity contribution in [2.45, 2.75) is 39.3 Å². The summed E-state index contributed by atoms with van der Waals surface area (Å²) in [6.07, 6.45) is 3.45. The number of nitrogens with one attached hydrogen (secondary N) is 1. The number of hydrogen-bond donors (Lipinski definition) is 2. The number of hydrogen-bond acceptors (Lipinski definition) is 4. The second kappa shape index (κ2) is 6.76. The average Bonchev–Trinajstić information content (AvgIpc) is 2.34. The van der Waals surface area contributed by atoms with Gasteiger partial charge in [0, 0.05) is 19.1 Å². The van der Waals surface area contributed by atoms with Gasteiger partial charge in [-0.15, -0.1) is 0 Å².